The number of carbonyl (C=O) groups is 1. The Labute approximate surface area is 124 Å². The van der Waals surface area contributed by atoms with Crippen molar-refractivity contribution in [1.82, 2.24) is 4.90 Å². The first kappa shape index (κ1) is 15.8. The van der Waals surface area contributed by atoms with Crippen molar-refractivity contribution in [2.45, 2.75) is 84.2 Å². The first-order valence-electron chi connectivity index (χ1n) is 8.51. The Kier molecular flexibility index (Phi) is 5.11. The lowest BCUT2D eigenvalue weighted by molar-refractivity contribution is -0.144. The summed E-state index contributed by atoms with van der Waals surface area (Å²) in [6.45, 7) is 7.53. The Hall–Kier alpha value is -0.570. The van der Waals surface area contributed by atoms with E-state index < -0.39 is 0 Å². The summed E-state index contributed by atoms with van der Waals surface area (Å²) in [5.41, 5.74) is 6.17. The normalized spacial score (nSPS) is 33.7. The van der Waals surface area contributed by atoms with E-state index in [1.807, 2.05) is 0 Å². The zero-order chi connectivity index (χ0) is 14.8. The van der Waals surface area contributed by atoms with Crippen LogP contribution in [-0.4, -0.2) is 29.4 Å². The van der Waals surface area contributed by atoms with E-state index in [2.05, 4.69) is 25.7 Å². The molecule has 0 aromatic carbocycles. The van der Waals surface area contributed by atoms with Gasteiger partial charge in [-0.3, -0.25) is 4.79 Å². The molecule has 2 aliphatic rings. The predicted molar refractivity (Wildman–Crippen MR) is 83.4 cm³/mol. The molecule has 1 amide bonds. The minimum absolute atomic E-state index is 0.174. The lowest BCUT2D eigenvalue weighted by Gasteiger charge is -2.43. The van der Waals surface area contributed by atoms with Gasteiger partial charge in [-0.05, 0) is 50.9 Å². The highest BCUT2D eigenvalue weighted by atomic mass is 16.2. The molecule has 2 saturated carbocycles. The highest BCUT2D eigenvalue weighted by molar-refractivity contribution is 5.80. The fourth-order valence-electron chi connectivity index (χ4n) is 4.16. The van der Waals surface area contributed by atoms with Crippen molar-refractivity contribution in [3.8, 4) is 0 Å². The number of nitrogens with two attached hydrogens (primary N) is 1. The molecule has 2 aliphatic carbocycles. The maximum atomic E-state index is 13.0. The second kappa shape index (κ2) is 6.46. The molecule has 0 bridgehead atoms. The highest BCUT2D eigenvalue weighted by Crippen LogP contribution is 2.42. The van der Waals surface area contributed by atoms with Crippen molar-refractivity contribution >= 4 is 5.91 Å². The van der Waals surface area contributed by atoms with Gasteiger partial charge in [-0.1, -0.05) is 26.7 Å². The van der Waals surface area contributed by atoms with Gasteiger partial charge in [0.15, 0.2) is 0 Å². The molecular formula is C17H32N2O. The molecule has 0 radical (unpaired) electrons. The largest absolute Gasteiger partial charge is 0.340 e. The fraction of sp³-hybridized carbons (Fsp3) is 0.941. The van der Waals surface area contributed by atoms with Gasteiger partial charge in [-0.15, -0.1) is 0 Å². The van der Waals surface area contributed by atoms with Gasteiger partial charge in [-0.2, -0.15) is 0 Å². The quantitative estimate of drug-likeness (QED) is 0.862. The van der Waals surface area contributed by atoms with Crippen LogP contribution in [0.1, 0.15) is 72.1 Å². The fourth-order valence-corrected chi connectivity index (χ4v) is 4.16. The van der Waals surface area contributed by atoms with Crippen LogP contribution < -0.4 is 5.73 Å². The van der Waals surface area contributed by atoms with Crippen molar-refractivity contribution in [3.05, 3.63) is 0 Å². The summed E-state index contributed by atoms with van der Waals surface area (Å²) in [7, 11) is 0. The van der Waals surface area contributed by atoms with Gasteiger partial charge in [0.2, 0.25) is 5.91 Å². The van der Waals surface area contributed by atoms with Crippen molar-refractivity contribution < 1.29 is 4.79 Å². The Morgan fingerprint density at radius 1 is 1.15 bits per heavy atom. The zero-order valence-corrected chi connectivity index (χ0v) is 13.5. The van der Waals surface area contributed by atoms with E-state index in [-0.39, 0.29) is 11.3 Å². The van der Waals surface area contributed by atoms with Crippen LogP contribution in [0, 0.1) is 11.3 Å². The molecule has 3 heteroatoms. The molecule has 0 spiro atoms. The number of nitrogens with zero attached hydrogens (tertiary/aromatic N) is 1. The molecule has 0 saturated heterocycles. The number of hydrogen-bond donors (Lipinski definition) is 1. The third kappa shape index (κ3) is 3.36. The van der Waals surface area contributed by atoms with Gasteiger partial charge in [0, 0.05) is 24.5 Å². The SMILES string of the molecule is CCN(C(=O)C1CCCCC1(C)C)C1CCC(N)CC1. The number of rotatable bonds is 3. The maximum absolute atomic E-state index is 13.0. The monoisotopic (exact) mass is 280 g/mol. The first-order valence-corrected chi connectivity index (χ1v) is 8.51. The smallest absolute Gasteiger partial charge is 0.226 e. The van der Waals surface area contributed by atoms with Gasteiger partial charge in [0.05, 0.1) is 0 Å². The zero-order valence-electron chi connectivity index (χ0n) is 13.5. The lowest BCUT2D eigenvalue weighted by atomic mass is 9.68. The summed E-state index contributed by atoms with van der Waals surface area (Å²) in [6.07, 6.45) is 9.09. The summed E-state index contributed by atoms with van der Waals surface area (Å²) in [4.78, 5) is 15.2. The van der Waals surface area contributed by atoms with Crippen LogP contribution in [-0.2, 0) is 4.79 Å². The van der Waals surface area contributed by atoms with Crippen molar-refractivity contribution in [3.63, 3.8) is 0 Å². The second-order valence-corrected chi connectivity index (χ2v) is 7.48. The summed E-state index contributed by atoms with van der Waals surface area (Å²) in [5, 5.41) is 0. The topological polar surface area (TPSA) is 46.3 Å². The molecule has 3 nitrogen and oxygen atoms in total. The molecule has 0 aromatic heterocycles. The molecule has 0 heterocycles. The van der Waals surface area contributed by atoms with Crippen LogP contribution in [0.5, 0.6) is 0 Å². The van der Waals surface area contributed by atoms with Crippen LogP contribution in [0.2, 0.25) is 0 Å². The van der Waals surface area contributed by atoms with E-state index in [9.17, 15) is 4.79 Å². The van der Waals surface area contributed by atoms with E-state index in [0.29, 0.717) is 18.0 Å². The summed E-state index contributed by atoms with van der Waals surface area (Å²) >= 11 is 0. The van der Waals surface area contributed by atoms with Crippen LogP contribution >= 0.6 is 0 Å². The molecule has 0 aromatic rings. The molecule has 1 unspecified atom stereocenters. The Bertz CT molecular complexity index is 332. The maximum Gasteiger partial charge on any atom is 0.226 e. The molecule has 2 N–H and O–H groups in total. The van der Waals surface area contributed by atoms with E-state index >= 15 is 0 Å². The average molecular weight is 280 g/mol. The minimum Gasteiger partial charge on any atom is -0.340 e. The molecule has 2 rings (SSSR count). The lowest BCUT2D eigenvalue weighted by Crippen LogP contribution is -2.49. The van der Waals surface area contributed by atoms with Crippen LogP contribution in [0.15, 0.2) is 0 Å². The summed E-state index contributed by atoms with van der Waals surface area (Å²) in [5.74, 6) is 0.643. The van der Waals surface area contributed by atoms with E-state index in [1.165, 1.54) is 19.3 Å². The second-order valence-electron chi connectivity index (χ2n) is 7.48. The van der Waals surface area contributed by atoms with Crippen LogP contribution in [0.25, 0.3) is 0 Å². The summed E-state index contributed by atoms with van der Waals surface area (Å²) < 4.78 is 0. The Balaban J connectivity index is 2.04. The van der Waals surface area contributed by atoms with Crippen LogP contribution in [0.4, 0.5) is 0 Å². The van der Waals surface area contributed by atoms with Gasteiger partial charge in [0.25, 0.3) is 0 Å². The molecular weight excluding hydrogens is 248 g/mol. The molecule has 116 valence electrons. The summed E-state index contributed by atoms with van der Waals surface area (Å²) in [6, 6.07) is 0.788. The van der Waals surface area contributed by atoms with E-state index in [0.717, 1.165) is 38.6 Å². The highest BCUT2D eigenvalue weighted by Gasteiger charge is 2.40. The predicted octanol–water partition coefficient (Wildman–Crippen LogP) is 3.32. The molecule has 2 fully saturated rings. The van der Waals surface area contributed by atoms with Crippen molar-refractivity contribution in [1.29, 1.82) is 0 Å². The van der Waals surface area contributed by atoms with Crippen molar-refractivity contribution in [2.75, 3.05) is 6.54 Å². The number of amides is 1. The van der Waals surface area contributed by atoms with Gasteiger partial charge >= 0.3 is 0 Å². The Morgan fingerprint density at radius 3 is 2.35 bits per heavy atom. The van der Waals surface area contributed by atoms with Gasteiger partial charge in [0.1, 0.15) is 0 Å². The molecule has 0 aliphatic heterocycles. The standard InChI is InChI=1S/C17H32N2O/c1-4-19(14-10-8-13(18)9-11-14)16(20)15-7-5-6-12-17(15,2)3/h13-15H,4-12,18H2,1-3H3. The average Bonchev–Trinajstić information content (AvgIpc) is 2.41. The van der Waals surface area contributed by atoms with Crippen molar-refractivity contribution in [2.24, 2.45) is 17.1 Å². The molecule has 20 heavy (non-hydrogen) atoms. The third-order valence-electron chi connectivity index (χ3n) is 5.61. The van der Waals surface area contributed by atoms with Gasteiger partial charge < -0.3 is 10.6 Å². The van der Waals surface area contributed by atoms with E-state index in [1.54, 1.807) is 0 Å². The first-order chi connectivity index (χ1) is 9.45. The number of carbonyl (C=O) groups excluding carboxylic acids is 1. The van der Waals surface area contributed by atoms with Crippen LogP contribution in [0.3, 0.4) is 0 Å². The number of hydrogen-bond acceptors (Lipinski definition) is 2. The Morgan fingerprint density at radius 2 is 1.80 bits per heavy atom. The minimum atomic E-state index is 0.174. The molecule has 1 atom stereocenters. The van der Waals surface area contributed by atoms with Gasteiger partial charge in [-0.25, -0.2) is 0 Å². The third-order valence-corrected chi connectivity index (χ3v) is 5.61. The van der Waals surface area contributed by atoms with E-state index in [4.69, 9.17) is 5.73 Å².